The molecule has 0 saturated heterocycles. The number of carbonyl (C=O) groups is 2. The fourth-order valence-electron chi connectivity index (χ4n) is 9.05. The van der Waals surface area contributed by atoms with Gasteiger partial charge in [0.2, 0.25) is 5.91 Å². The molecule has 0 aliphatic rings. The number of ether oxygens (including phenoxy) is 1. The van der Waals surface area contributed by atoms with Gasteiger partial charge in [0.05, 0.1) is 25.4 Å². The second kappa shape index (κ2) is 52.5. The van der Waals surface area contributed by atoms with Gasteiger partial charge in [-0.25, -0.2) is 0 Å². The number of aliphatic hydroxyl groups is 2. The Bertz CT molecular complexity index is 882. The van der Waals surface area contributed by atoms with Gasteiger partial charge in [0.15, 0.2) is 0 Å². The summed E-state index contributed by atoms with van der Waals surface area (Å²) in [6, 6.07) is -0.541. The SMILES string of the molecule is CCCCCCCCCCCCCCCCCCC(=O)OCCCCCCCCCCCCCCCCCCCCC(=O)NC(CO)C(O)CCCCCCCCCCCCC. The number of hydrogen-bond donors (Lipinski definition) is 3. The highest BCUT2D eigenvalue weighted by atomic mass is 16.5. The maximum atomic E-state index is 12.4. The van der Waals surface area contributed by atoms with Gasteiger partial charge in [0.25, 0.3) is 0 Å². The lowest BCUT2D eigenvalue weighted by Crippen LogP contribution is -2.45. The van der Waals surface area contributed by atoms with Crippen molar-refractivity contribution in [3.05, 3.63) is 0 Å². The van der Waals surface area contributed by atoms with Gasteiger partial charge in [0.1, 0.15) is 0 Å². The van der Waals surface area contributed by atoms with Gasteiger partial charge in [0, 0.05) is 12.8 Å². The van der Waals surface area contributed by atoms with Crippen LogP contribution in [0.25, 0.3) is 0 Å². The third-order valence-corrected chi connectivity index (χ3v) is 13.4. The molecule has 370 valence electrons. The lowest BCUT2D eigenvalue weighted by Gasteiger charge is -2.22. The van der Waals surface area contributed by atoms with Crippen LogP contribution in [0.4, 0.5) is 0 Å². The van der Waals surface area contributed by atoms with Crippen LogP contribution < -0.4 is 5.32 Å². The highest BCUT2D eigenvalue weighted by Gasteiger charge is 2.20. The largest absolute Gasteiger partial charge is 0.466 e. The Morgan fingerprint density at radius 2 is 0.661 bits per heavy atom. The monoisotopic (exact) mass is 878 g/mol. The molecule has 0 aliphatic carbocycles. The molecule has 0 bridgehead atoms. The Labute approximate surface area is 387 Å². The number of amides is 1. The third kappa shape index (κ3) is 48.3. The maximum Gasteiger partial charge on any atom is 0.305 e. The van der Waals surface area contributed by atoms with Crippen molar-refractivity contribution in [2.75, 3.05) is 13.2 Å². The molecule has 0 aromatic heterocycles. The van der Waals surface area contributed by atoms with E-state index in [1.165, 1.54) is 250 Å². The molecule has 6 nitrogen and oxygen atoms in total. The van der Waals surface area contributed by atoms with Crippen LogP contribution in [0.15, 0.2) is 0 Å². The summed E-state index contributed by atoms with van der Waals surface area (Å²) in [7, 11) is 0. The van der Waals surface area contributed by atoms with E-state index in [2.05, 4.69) is 19.2 Å². The van der Waals surface area contributed by atoms with Crippen LogP contribution in [0.2, 0.25) is 0 Å². The molecule has 2 atom stereocenters. The summed E-state index contributed by atoms with van der Waals surface area (Å²) >= 11 is 0. The second-order valence-electron chi connectivity index (χ2n) is 19.6. The van der Waals surface area contributed by atoms with Gasteiger partial charge in [-0.1, -0.05) is 284 Å². The van der Waals surface area contributed by atoms with Crippen LogP contribution in [-0.4, -0.2) is 47.4 Å². The smallest absolute Gasteiger partial charge is 0.305 e. The average Bonchev–Trinajstić information content (AvgIpc) is 3.27. The molecule has 0 rings (SSSR count). The molecule has 0 heterocycles. The first kappa shape index (κ1) is 60.9. The van der Waals surface area contributed by atoms with Crippen molar-refractivity contribution < 1.29 is 24.5 Å². The van der Waals surface area contributed by atoms with Gasteiger partial charge >= 0.3 is 5.97 Å². The predicted molar refractivity (Wildman–Crippen MR) is 269 cm³/mol. The standard InChI is InChI=1S/C56H111NO5/c1-3-5-7-9-11-13-15-16-17-23-26-30-34-38-42-46-50-56(61)62-51-47-43-39-35-31-27-24-21-19-18-20-22-25-29-33-37-41-45-49-55(60)57-53(52-58)54(59)48-44-40-36-32-28-14-12-10-8-6-4-2/h53-54,58-59H,3-52H2,1-2H3,(H,57,60). The molecule has 62 heavy (non-hydrogen) atoms. The Balaban J connectivity index is 3.36. The minimum Gasteiger partial charge on any atom is -0.466 e. The molecule has 6 heteroatoms. The van der Waals surface area contributed by atoms with Crippen molar-refractivity contribution in [1.29, 1.82) is 0 Å². The van der Waals surface area contributed by atoms with E-state index >= 15 is 0 Å². The molecule has 0 spiro atoms. The van der Waals surface area contributed by atoms with Gasteiger partial charge in [-0.15, -0.1) is 0 Å². The van der Waals surface area contributed by atoms with Gasteiger partial charge in [-0.3, -0.25) is 9.59 Å². The quantitative estimate of drug-likeness (QED) is 0.0418. The summed E-state index contributed by atoms with van der Waals surface area (Å²) in [6.07, 6.45) is 59.5. The van der Waals surface area contributed by atoms with Gasteiger partial charge < -0.3 is 20.3 Å². The zero-order chi connectivity index (χ0) is 45.1. The van der Waals surface area contributed by atoms with E-state index in [1.54, 1.807) is 0 Å². The predicted octanol–water partition coefficient (Wildman–Crippen LogP) is 17.1. The molecule has 2 unspecified atom stereocenters. The molecule has 0 aromatic carbocycles. The first-order chi connectivity index (χ1) is 30.5. The summed E-state index contributed by atoms with van der Waals surface area (Å²) in [5, 5.41) is 23.2. The first-order valence-electron chi connectivity index (χ1n) is 28.3. The summed E-state index contributed by atoms with van der Waals surface area (Å²) in [5.74, 6) is -0.0269. The molecular formula is C56H111NO5. The van der Waals surface area contributed by atoms with E-state index in [1.807, 2.05) is 0 Å². The zero-order valence-electron chi connectivity index (χ0n) is 42.1. The number of esters is 1. The Morgan fingerprint density at radius 3 is 0.984 bits per heavy atom. The van der Waals surface area contributed by atoms with Crippen LogP contribution in [0.5, 0.6) is 0 Å². The maximum absolute atomic E-state index is 12.4. The minimum atomic E-state index is -0.664. The average molecular weight is 879 g/mol. The Morgan fingerprint density at radius 1 is 0.387 bits per heavy atom. The lowest BCUT2D eigenvalue weighted by atomic mass is 10.0. The van der Waals surface area contributed by atoms with Crippen LogP contribution in [0, 0.1) is 0 Å². The molecule has 1 amide bonds. The molecule has 0 radical (unpaired) electrons. The minimum absolute atomic E-state index is 0.0114. The highest BCUT2D eigenvalue weighted by Crippen LogP contribution is 2.18. The third-order valence-electron chi connectivity index (χ3n) is 13.4. The number of nitrogens with one attached hydrogen (secondary N) is 1. The number of aliphatic hydroxyl groups excluding tert-OH is 2. The summed E-state index contributed by atoms with van der Waals surface area (Å²) in [5.41, 5.74) is 0. The van der Waals surface area contributed by atoms with E-state index in [9.17, 15) is 19.8 Å². The van der Waals surface area contributed by atoms with Crippen LogP contribution in [-0.2, 0) is 14.3 Å². The second-order valence-corrected chi connectivity index (χ2v) is 19.6. The van der Waals surface area contributed by atoms with E-state index < -0.39 is 12.1 Å². The fraction of sp³-hybridized carbons (Fsp3) is 0.964. The van der Waals surface area contributed by atoms with Crippen molar-refractivity contribution in [3.63, 3.8) is 0 Å². The molecule has 0 saturated carbocycles. The summed E-state index contributed by atoms with van der Waals surface area (Å²) in [6.45, 7) is 4.96. The number of unbranched alkanes of at least 4 members (excludes halogenated alkanes) is 42. The van der Waals surface area contributed by atoms with Crippen molar-refractivity contribution in [2.45, 2.75) is 334 Å². The van der Waals surface area contributed by atoms with Gasteiger partial charge in [-0.2, -0.15) is 0 Å². The Hall–Kier alpha value is -1.14. The molecule has 0 aromatic rings. The van der Waals surface area contributed by atoms with Crippen LogP contribution >= 0.6 is 0 Å². The molecule has 0 aliphatic heterocycles. The van der Waals surface area contributed by atoms with E-state index in [-0.39, 0.29) is 18.5 Å². The lowest BCUT2D eigenvalue weighted by molar-refractivity contribution is -0.143. The zero-order valence-corrected chi connectivity index (χ0v) is 42.1. The molecule has 3 N–H and O–H groups in total. The van der Waals surface area contributed by atoms with Crippen LogP contribution in [0.1, 0.15) is 322 Å². The summed E-state index contributed by atoms with van der Waals surface area (Å²) in [4.78, 5) is 24.5. The van der Waals surface area contributed by atoms with E-state index in [4.69, 9.17) is 4.74 Å². The molecular weight excluding hydrogens is 767 g/mol. The first-order valence-corrected chi connectivity index (χ1v) is 28.3. The van der Waals surface area contributed by atoms with E-state index in [0.29, 0.717) is 25.9 Å². The van der Waals surface area contributed by atoms with Crippen LogP contribution in [0.3, 0.4) is 0 Å². The van der Waals surface area contributed by atoms with Crippen molar-refractivity contribution in [3.8, 4) is 0 Å². The van der Waals surface area contributed by atoms with E-state index in [0.717, 1.165) is 38.5 Å². The van der Waals surface area contributed by atoms with Crippen molar-refractivity contribution in [2.24, 2.45) is 0 Å². The normalized spacial score (nSPS) is 12.5. The number of carbonyl (C=O) groups excluding carboxylic acids is 2. The number of rotatable bonds is 53. The van der Waals surface area contributed by atoms with Crippen molar-refractivity contribution in [1.82, 2.24) is 5.32 Å². The Kier molecular flexibility index (Phi) is 51.5. The van der Waals surface area contributed by atoms with Crippen molar-refractivity contribution >= 4 is 11.9 Å². The summed E-state index contributed by atoms with van der Waals surface area (Å²) < 4.78 is 5.49. The molecule has 0 fully saturated rings. The fourth-order valence-corrected chi connectivity index (χ4v) is 9.05. The topological polar surface area (TPSA) is 95.9 Å². The highest BCUT2D eigenvalue weighted by molar-refractivity contribution is 5.76. The number of hydrogen-bond acceptors (Lipinski definition) is 5. The van der Waals surface area contributed by atoms with Gasteiger partial charge in [-0.05, 0) is 25.7 Å².